The molecule has 116 valence electrons. The number of hydrogen-bond acceptors (Lipinski definition) is 5. The minimum atomic E-state index is -0.370. The van der Waals surface area contributed by atoms with E-state index in [-0.39, 0.29) is 12.6 Å². The predicted molar refractivity (Wildman–Crippen MR) is 83.5 cm³/mol. The van der Waals surface area contributed by atoms with Crippen molar-refractivity contribution < 1.29 is 14.3 Å². The number of nitrogens with zero attached hydrogens (tertiary/aromatic N) is 3. The van der Waals surface area contributed by atoms with Gasteiger partial charge in [0.1, 0.15) is 25.0 Å². The van der Waals surface area contributed by atoms with E-state index < -0.39 is 0 Å². The molecular weight excluding hydrogens is 294 g/mol. The fourth-order valence-corrected chi connectivity index (χ4v) is 2.15. The quantitative estimate of drug-likeness (QED) is 0.678. The van der Waals surface area contributed by atoms with Crippen molar-refractivity contribution in [3.8, 4) is 11.4 Å². The summed E-state index contributed by atoms with van der Waals surface area (Å²) in [4.78, 5) is 15.6. The smallest absolute Gasteiger partial charge is 0.338 e. The number of methoxy groups -OCH3 is 1. The van der Waals surface area contributed by atoms with Crippen molar-refractivity contribution in [1.82, 2.24) is 14.8 Å². The lowest BCUT2D eigenvalue weighted by molar-refractivity contribution is 0.0597. The molecule has 1 aromatic heterocycles. The van der Waals surface area contributed by atoms with E-state index in [2.05, 4.69) is 10.1 Å². The zero-order chi connectivity index (χ0) is 16.1. The molecule has 0 saturated heterocycles. The highest BCUT2D eigenvalue weighted by atomic mass is 16.5. The van der Waals surface area contributed by atoms with Crippen LogP contribution in [0.4, 0.5) is 0 Å². The highest BCUT2D eigenvalue weighted by Gasteiger charge is 2.11. The summed E-state index contributed by atoms with van der Waals surface area (Å²) in [6.07, 6.45) is 3.11. The maximum absolute atomic E-state index is 11.7. The summed E-state index contributed by atoms with van der Waals surface area (Å²) in [6.45, 7) is 0.286. The maximum Gasteiger partial charge on any atom is 0.338 e. The van der Waals surface area contributed by atoms with Crippen molar-refractivity contribution in [3.63, 3.8) is 0 Å². The number of esters is 1. The predicted octanol–water partition coefficient (Wildman–Crippen LogP) is 2.63. The van der Waals surface area contributed by atoms with Crippen molar-refractivity contribution in [2.24, 2.45) is 0 Å². The zero-order valence-electron chi connectivity index (χ0n) is 12.5. The van der Waals surface area contributed by atoms with Crippen LogP contribution in [0.5, 0.6) is 5.75 Å². The SMILES string of the molecule is COC(=O)c1ccccc1COc1ccc(-n2cncn2)cc1. The second-order valence-electron chi connectivity index (χ2n) is 4.77. The van der Waals surface area contributed by atoms with Gasteiger partial charge in [0.25, 0.3) is 0 Å². The van der Waals surface area contributed by atoms with Crippen molar-refractivity contribution in [3.05, 3.63) is 72.3 Å². The van der Waals surface area contributed by atoms with Gasteiger partial charge < -0.3 is 9.47 Å². The number of benzene rings is 2. The molecule has 0 unspecified atom stereocenters. The Balaban J connectivity index is 1.70. The van der Waals surface area contributed by atoms with Crippen LogP contribution in [0.15, 0.2) is 61.2 Å². The number of carbonyl (C=O) groups is 1. The number of aromatic nitrogens is 3. The Morgan fingerprint density at radius 3 is 2.61 bits per heavy atom. The average Bonchev–Trinajstić information content (AvgIpc) is 3.14. The fraction of sp³-hybridized carbons (Fsp3) is 0.118. The average molecular weight is 309 g/mol. The molecule has 0 aliphatic rings. The molecular formula is C17H15N3O3. The standard InChI is InChI=1S/C17H15N3O3/c1-22-17(21)16-5-3-2-4-13(16)10-23-15-8-6-14(7-9-15)20-12-18-11-19-20/h2-9,11-12H,10H2,1H3. The summed E-state index contributed by atoms with van der Waals surface area (Å²) in [5, 5.41) is 4.06. The molecule has 3 rings (SSSR count). The maximum atomic E-state index is 11.7. The molecule has 0 N–H and O–H groups in total. The third kappa shape index (κ3) is 3.37. The lowest BCUT2D eigenvalue weighted by Crippen LogP contribution is -2.07. The molecule has 0 spiro atoms. The van der Waals surface area contributed by atoms with Crippen LogP contribution in [0.1, 0.15) is 15.9 Å². The third-order valence-electron chi connectivity index (χ3n) is 3.34. The molecule has 6 heteroatoms. The number of carbonyl (C=O) groups excluding carboxylic acids is 1. The van der Waals surface area contributed by atoms with Crippen LogP contribution in [-0.4, -0.2) is 27.8 Å². The summed E-state index contributed by atoms with van der Waals surface area (Å²) < 4.78 is 12.2. The molecule has 0 saturated carbocycles. The summed E-state index contributed by atoms with van der Waals surface area (Å²) >= 11 is 0. The first-order valence-electron chi connectivity index (χ1n) is 7.02. The third-order valence-corrected chi connectivity index (χ3v) is 3.34. The van der Waals surface area contributed by atoms with Gasteiger partial charge in [-0.1, -0.05) is 18.2 Å². The lowest BCUT2D eigenvalue weighted by Gasteiger charge is -2.10. The summed E-state index contributed by atoms with van der Waals surface area (Å²) in [5.41, 5.74) is 2.18. The van der Waals surface area contributed by atoms with Crippen LogP contribution in [-0.2, 0) is 11.3 Å². The Labute approximate surface area is 133 Å². The number of hydrogen-bond donors (Lipinski definition) is 0. The largest absolute Gasteiger partial charge is 0.489 e. The van der Waals surface area contributed by atoms with Crippen molar-refractivity contribution in [2.45, 2.75) is 6.61 Å². The monoisotopic (exact) mass is 309 g/mol. The molecule has 6 nitrogen and oxygen atoms in total. The van der Waals surface area contributed by atoms with E-state index in [1.54, 1.807) is 23.1 Å². The molecule has 0 bridgehead atoms. The Morgan fingerprint density at radius 2 is 1.91 bits per heavy atom. The molecule has 23 heavy (non-hydrogen) atoms. The summed E-state index contributed by atoms with van der Waals surface area (Å²) in [5.74, 6) is 0.333. The van der Waals surface area contributed by atoms with E-state index in [0.29, 0.717) is 11.3 Å². The lowest BCUT2D eigenvalue weighted by atomic mass is 10.1. The first kappa shape index (κ1) is 14.8. The van der Waals surface area contributed by atoms with E-state index in [4.69, 9.17) is 9.47 Å². The van der Waals surface area contributed by atoms with Crippen LogP contribution in [0, 0.1) is 0 Å². The van der Waals surface area contributed by atoms with Gasteiger partial charge in [-0.2, -0.15) is 5.10 Å². The van der Waals surface area contributed by atoms with Gasteiger partial charge in [0, 0.05) is 5.56 Å². The second kappa shape index (κ2) is 6.74. The Bertz CT molecular complexity index is 783. The van der Waals surface area contributed by atoms with Gasteiger partial charge in [-0.15, -0.1) is 0 Å². The van der Waals surface area contributed by atoms with Crippen LogP contribution in [0.3, 0.4) is 0 Å². The summed E-state index contributed by atoms with van der Waals surface area (Å²) in [7, 11) is 1.36. The van der Waals surface area contributed by atoms with Gasteiger partial charge in [0.05, 0.1) is 18.4 Å². The van der Waals surface area contributed by atoms with Gasteiger partial charge >= 0.3 is 5.97 Å². The first-order chi connectivity index (χ1) is 11.3. The molecule has 0 aliphatic heterocycles. The Morgan fingerprint density at radius 1 is 1.13 bits per heavy atom. The second-order valence-corrected chi connectivity index (χ2v) is 4.77. The zero-order valence-corrected chi connectivity index (χ0v) is 12.5. The van der Waals surface area contributed by atoms with Gasteiger partial charge in [-0.05, 0) is 30.3 Å². The van der Waals surface area contributed by atoms with Crippen LogP contribution < -0.4 is 4.74 Å². The van der Waals surface area contributed by atoms with Crippen LogP contribution in [0.25, 0.3) is 5.69 Å². The highest BCUT2D eigenvalue weighted by Crippen LogP contribution is 2.18. The molecule has 0 radical (unpaired) electrons. The minimum Gasteiger partial charge on any atom is -0.489 e. The van der Waals surface area contributed by atoms with Crippen molar-refractivity contribution >= 4 is 5.97 Å². The van der Waals surface area contributed by atoms with Gasteiger partial charge in [0.2, 0.25) is 0 Å². The van der Waals surface area contributed by atoms with Crippen molar-refractivity contribution in [1.29, 1.82) is 0 Å². The van der Waals surface area contributed by atoms with E-state index >= 15 is 0 Å². The van der Waals surface area contributed by atoms with Crippen molar-refractivity contribution in [2.75, 3.05) is 7.11 Å². The summed E-state index contributed by atoms with van der Waals surface area (Å²) in [6, 6.07) is 14.7. The Kier molecular flexibility index (Phi) is 4.33. The highest BCUT2D eigenvalue weighted by molar-refractivity contribution is 5.90. The van der Waals surface area contributed by atoms with Gasteiger partial charge in [-0.3, -0.25) is 0 Å². The van der Waals surface area contributed by atoms with E-state index in [1.807, 2.05) is 36.4 Å². The molecule has 0 amide bonds. The molecule has 1 heterocycles. The molecule has 3 aromatic rings. The van der Waals surface area contributed by atoms with E-state index in [0.717, 1.165) is 11.3 Å². The van der Waals surface area contributed by atoms with Crippen LogP contribution in [0.2, 0.25) is 0 Å². The Hall–Kier alpha value is -3.15. The normalized spacial score (nSPS) is 10.3. The number of ether oxygens (including phenoxy) is 2. The molecule has 0 aliphatic carbocycles. The van der Waals surface area contributed by atoms with Gasteiger partial charge in [-0.25, -0.2) is 14.5 Å². The number of rotatable bonds is 5. The fourth-order valence-electron chi connectivity index (χ4n) is 2.15. The van der Waals surface area contributed by atoms with Gasteiger partial charge in [0.15, 0.2) is 0 Å². The molecule has 0 atom stereocenters. The van der Waals surface area contributed by atoms with E-state index in [9.17, 15) is 4.79 Å². The molecule has 2 aromatic carbocycles. The van der Waals surface area contributed by atoms with Crippen LogP contribution >= 0.6 is 0 Å². The molecule has 0 fully saturated rings. The minimum absolute atomic E-state index is 0.286. The first-order valence-corrected chi connectivity index (χ1v) is 7.02. The van der Waals surface area contributed by atoms with E-state index in [1.165, 1.54) is 13.4 Å². The topological polar surface area (TPSA) is 66.2 Å².